The molecular formula is C13H14INO3. The van der Waals surface area contributed by atoms with Crippen LogP contribution in [0.25, 0.3) is 0 Å². The number of aliphatic carboxylic acids is 1. The number of carbonyl (C=O) groups excluding carboxylic acids is 1. The van der Waals surface area contributed by atoms with Crippen LogP contribution < -0.4 is 4.90 Å². The minimum atomic E-state index is -0.780. The molecule has 0 aromatic heterocycles. The topological polar surface area (TPSA) is 57.6 Å². The molecule has 1 aromatic rings. The predicted octanol–water partition coefficient (Wildman–Crippen LogP) is 2.44. The van der Waals surface area contributed by atoms with Gasteiger partial charge in [0.2, 0.25) is 5.91 Å². The van der Waals surface area contributed by atoms with E-state index in [1.165, 1.54) is 0 Å². The van der Waals surface area contributed by atoms with E-state index in [0.717, 1.165) is 21.2 Å². The monoisotopic (exact) mass is 359 g/mol. The Balaban J connectivity index is 1.98. The molecule has 5 heteroatoms. The highest BCUT2D eigenvalue weighted by Gasteiger charge is 2.26. The van der Waals surface area contributed by atoms with E-state index >= 15 is 0 Å². The van der Waals surface area contributed by atoms with Crippen LogP contribution in [0.15, 0.2) is 18.2 Å². The van der Waals surface area contributed by atoms with Crippen LogP contribution in [0.2, 0.25) is 0 Å². The zero-order valence-corrected chi connectivity index (χ0v) is 12.0. The van der Waals surface area contributed by atoms with Crippen LogP contribution in [-0.2, 0) is 16.0 Å². The van der Waals surface area contributed by atoms with Crippen molar-refractivity contribution in [3.05, 3.63) is 27.3 Å². The molecule has 0 radical (unpaired) electrons. The van der Waals surface area contributed by atoms with Crippen molar-refractivity contribution in [1.82, 2.24) is 0 Å². The quantitative estimate of drug-likeness (QED) is 0.649. The van der Waals surface area contributed by atoms with Crippen molar-refractivity contribution in [1.29, 1.82) is 0 Å². The highest BCUT2D eigenvalue weighted by molar-refractivity contribution is 14.1. The zero-order valence-electron chi connectivity index (χ0n) is 9.86. The summed E-state index contributed by atoms with van der Waals surface area (Å²) in [6.07, 6.45) is 1.97. The van der Waals surface area contributed by atoms with Crippen molar-refractivity contribution < 1.29 is 14.7 Å². The number of hydrogen-bond acceptors (Lipinski definition) is 2. The zero-order chi connectivity index (χ0) is 13.1. The molecule has 0 atom stereocenters. The summed E-state index contributed by atoms with van der Waals surface area (Å²) >= 11 is 2.23. The minimum absolute atomic E-state index is 0.113. The van der Waals surface area contributed by atoms with E-state index in [1.807, 2.05) is 18.2 Å². The van der Waals surface area contributed by atoms with Crippen LogP contribution in [0.3, 0.4) is 0 Å². The first-order chi connectivity index (χ1) is 8.58. The number of carbonyl (C=O) groups is 2. The lowest BCUT2D eigenvalue weighted by atomic mass is 10.2. The number of unbranched alkanes of at least 4 members (excludes halogenated alkanes) is 1. The Morgan fingerprint density at radius 2 is 2.17 bits per heavy atom. The van der Waals surface area contributed by atoms with Crippen molar-refractivity contribution in [2.45, 2.75) is 25.7 Å². The normalized spacial score (nSPS) is 13.8. The van der Waals surface area contributed by atoms with Gasteiger partial charge in [0.25, 0.3) is 0 Å². The number of carboxylic acids is 1. The van der Waals surface area contributed by atoms with Crippen LogP contribution in [0.5, 0.6) is 0 Å². The highest BCUT2D eigenvalue weighted by Crippen LogP contribution is 2.30. The Labute approximate surface area is 119 Å². The van der Waals surface area contributed by atoms with E-state index in [-0.39, 0.29) is 12.3 Å². The van der Waals surface area contributed by atoms with Gasteiger partial charge >= 0.3 is 5.97 Å². The van der Waals surface area contributed by atoms with Gasteiger partial charge in [-0.3, -0.25) is 9.59 Å². The molecule has 0 bridgehead atoms. The van der Waals surface area contributed by atoms with Crippen LogP contribution in [-0.4, -0.2) is 23.5 Å². The Bertz CT molecular complexity index is 487. The average molecular weight is 359 g/mol. The smallest absolute Gasteiger partial charge is 0.303 e. The van der Waals surface area contributed by atoms with Gasteiger partial charge in [-0.25, -0.2) is 0 Å². The minimum Gasteiger partial charge on any atom is -0.481 e. The molecule has 0 spiro atoms. The molecule has 0 unspecified atom stereocenters. The molecule has 1 aliphatic rings. The van der Waals surface area contributed by atoms with Gasteiger partial charge in [-0.05, 0) is 59.2 Å². The molecule has 18 heavy (non-hydrogen) atoms. The number of carboxylic acid groups (broad SMARTS) is 1. The van der Waals surface area contributed by atoms with Gasteiger partial charge < -0.3 is 10.0 Å². The maximum atomic E-state index is 11.9. The fourth-order valence-corrected chi connectivity index (χ4v) is 2.70. The van der Waals surface area contributed by atoms with Gasteiger partial charge in [-0.15, -0.1) is 0 Å². The molecule has 96 valence electrons. The third kappa shape index (κ3) is 3.01. The van der Waals surface area contributed by atoms with Crippen LogP contribution in [0.4, 0.5) is 5.69 Å². The average Bonchev–Trinajstić information content (AvgIpc) is 2.59. The summed E-state index contributed by atoms with van der Waals surface area (Å²) in [5.74, 6) is -0.667. The van der Waals surface area contributed by atoms with E-state index in [9.17, 15) is 9.59 Å². The molecule has 1 aliphatic heterocycles. The lowest BCUT2D eigenvalue weighted by Gasteiger charge is -2.17. The largest absolute Gasteiger partial charge is 0.481 e. The first-order valence-corrected chi connectivity index (χ1v) is 6.96. The van der Waals surface area contributed by atoms with Crippen molar-refractivity contribution in [3.63, 3.8) is 0 Å². The summed E-state index contributed by atoms with van der Waals surface area (Å²) in [6, 6.07) is 5.99. The van der Waals surface area contributed by atoms with Gasteiger partial charge in [0.1, 0.15) is 0 Å². The summed E-state index contributed by atoms with van der Waals surface area (Å²) < 4.78 is 1.13. The van der Waals surface area contributed by atoms with Crippen molar-refractivity contribution in [2.24, 2.45) is 0 Å². The molecule has 0 aliphatic carbocycles. The van der Waals surface area contributed by atoms with Gasteiger partial charge in [0.15, 0.2) is 0 Å². The van der Waals surface area contributed by atoms with Crippen LogP contribution in [0, 0.1) is 3.57 Å². The second-order valence-electron chi connectivity index (χ2n) is 4.35. The first-order valence-electron chi connectivity index (χ1n) is 5.88. The molecule has 0 saturated heterocycles. The molecule has 2 rings (SSSR count). The Morgan fingerprint density at radius 1 is 1.39 bits per heavy atom. The number of nitrogens with zero attached hydrogens (tertiary/aromatic N) is 1. The fraction of sp³-hybridized carbons (Fsp3) is 0.385. The molecular weight excluding hydrogens is 345 g/mol. The van der Waals surface area contributed by atoms with E-state index in [0.29, 0.717) is 19.4 Å². The second kappa shape index (κ2) is 5.69. The van der Waals surface area contributed by atoms with Gasteiger partial charge in [0.05, 0.1) is 6.42 Å². The summed E-state index contributed by atoms with van der Waals surface area (Å²) in [5.41, 5.74) is 2.06. The molecule has 1 N–H and O–H groups in total. The molecule has 0 fully saturated rings. The van der Waals surface area contributed by atoms with E-state index < -0.39 is 5.97 Å². The molecule has 4 nitrogen and oxygen atoms in total. The standard InChI is InChI=1S/C13H14INO3/c14-10-4-5-11-9(7-10)8-12(16)15(11)6-2-1-3-13(17)18/h4-5,7H,1-3,6,8H2,(H,17,18). The number of benzene rings is 1. The van der Waals surface area contributed by atoms with Crippen LogP contribution >= 0.6 is 22.6 Å². The number of rotatable bonds is 5. The van der Waals surface area contributed by atoms with Gasteiger partial charge in [-0.1, -0.05) is 0 Å². The Morgan fingerprint density at radius 3 is 2.89 bits per heavy atom. The molecule has 1 aromatic carbocycles. The van der Waals surface area contributed by atoms with E-state index in [2.05, 4.69) is 22.6 Å². The number of anilines is 1. The van der Waals surface area contributed by atoms with Crippen molar-refractivity contribution >= 4 is 40.2 Å². The molecule has 1 heterocycles. The van der Waals surface area contributed by atoms with Crippen molar-refractivity contribution in [3.8, 4) is 0 Å². The summed E-state index contributed by atoms with van der Waals surface area (Å²) in [7, 11) is 0. The van der Waals surface area contributed by atoms with Gasteiger partial charge in [0, 0.05) is 22.2 Å². The lowest BCUT2D eigenvalue weighted by Crippen LogP contribution is -2.27. The summed E-state index contributed by atoms with van der Waals surface area (Å²) in [4.78, 5) is 24.1. The molecule has 1 amide bonds. The number of amides is 1. The third-order valence-corrected chi connectivity index (χ3v) is 3.67. The number of halogens is 1. The summed E-state index contributed by atoms with van der Waals surface area (Å²) in [5, 5.41) is 8.56. The highest BCUT2D eigenvalue weighted by atomic mass is 127. The Kier molecular flexibility index (Phi) is 4.21. The van der Waals surface area contributed by atoms with Crippen LogP contribution in [0.1, 0.15) is 24.8 Å². The maximum Gasteiger partial charge on any atom is 0.303 e. The Hall–Kier alpha value is -1.11. The predicted molar refractivity (Wildman–Crippen MR) is 76.7 cm³/mol. The maximum absolute atomic E-state index is 11.9. The molecule has 0 saturated carbocycles. The lowest BCUT2D eigenvalue weighted by molar-refractivity contribution is -0.137. The first kappa shape index (κ1) is 13.3. The number of fused-ring (bicyclic) bond motifs is 1. The van der Waals surface area contributed by atoms with E-state index in [1.54, 1.807) is 4.90 Å². The SMILES string of the molecule is O=C(O)CCCCN1C(=O)Cc2cc(I)ccc21. The number of hydrogen-bond donors (Lipinski definition) is 1. The summed E-state index contributed by atoms with van der Waals surface area (Å²) in [6.45, 7) is 0.611. The van der Waals surface area contributed by atoms with Gasteiger partial charge in [-0.2, -0.15) is 0 Å². The third-order valence-electron chi connectivity index (χ3n) is 3.00. The van der Waals surface area contributed by atoms with E-state index in [4.69, 9.17) is 5.11 Å². The van der Waals surface area contributed by atoms with Crippen molar-refractivity contribution in [2.75, 3.05) is 11.4 Å². The second-order valence-corrected chi connectivity index (χ2v) is 5.59. The fourth-order valence-electron chi connectivity index (χ4n) is 2.14.